The molecular weight excluding hydrogens is 304 g/mol. The molecular formula is C15H16N2O2S2. The third-order valence-electron chi connectivity index (χ3n) is 3.75. The van der Waals surface area contributed by atoms with Gasteiger partial charge in [-0.3, -0.25) is 10.1 Å². The molecule has 0 N–H and O–H groups in total. The Labute approximate surface area is 130 Å². The molecule has 4 nitrogen and oxygen atoms in total. The number of hydrogen-bond acceptors (Lipinski definition) is 5. The quantitative estimate of drug-likeness (QED) is 0.631. The fourth-order valence-electron chi connectivity index (χ4n) is 2.67. The van der Waals surface area contributed by atoms with E-state index in [1.165, 1.54) is 9.75 Å². The lowest BCUT2D eigenvalue weighted by Gasteiger charge is -2.07. The molecule has 0 bridgehead atoms. The van der Waals surface area contributed by atoms with Crippen molar-refractivity contribution in [3.05, 3.63) is 37.0 Å². The predicted octanol–water partition coefficient (Wildman–Crippen LogP) is 2.96. The highest BCUT2D eigenvalue weighted by Gasteiger charge is 2.25. The summed E-state index contributed by atoms with van der Waals surface area (Å²) >= 11 is 3.40. The van der Waals surface area contributed by atoms with Crippen molar-refractivity contribution in [3.8, 4) is 9.88 Å². The minimum absolute atomic E-state index is 0.160. The Balaban J connectivity index is 2.17. The summed E-state index contributed by atoms with van der Waals surface area (Å²) in [4.78, 5) is 18.2. The molecule has 1 atom stereocenters. The molecule has 0 radical (unpaired) electrons. The van der Waals surface area contributed by atoms with Gasteiger partial charge < -0.3 is 0 Å². The minimum Gasteiger partial charge on any atom is -0.264 e. The molecule has 21 heavy (non-hydrogen) atoms. The number of thiazole rings is 1. The largest absolute Gasteiger partial charge is 0.264 e. The van der Waals surface area contributed by atoms with E-state index in [1.807, 2.05) is 13.8 Å². The monoisotopic (exact) mass is 320 g/mol. The van der Waals surface area contributed by atoms with Crippen molar-refractivity contribution in [2.24, 2.45) is 0 Å². The second kappa shape index (κ2) is 5.35. The number of nitrogens with zero attached hydrogens (tertiary/aromatic N) is 2. The molecule has 0 amide bonds. The van der Waals surface area contributed by atoms with Gasteiger partial charge in [0.05, 0.1) is 14.8 Å². The summed E-state index contributed by atoms with van der Waals surface area (Å²) in [6.07, 6.45) is 1.01. The second-order valence-corrected chi connectivity index (χ2v) is 7.80. The fourth-order valence-corrected chi connectivity index (χ4v) is 4.75. The highest BCUT2D eigenvalue weighted by molar-refractivity contribution is 7.21. The standard InChI is InChI=1S/C15H16N2O2S2/c1-8-6-11(17(18)19)7-9(2)14-13(8)16-15(21-14)12-5-4-10(3)20-12/h4-5,11H,6-7H2,1-3H3. The molecule has 1 aliphatic rings. The summed E-state index contributed by atoms with van der Waals surface area (Å²) < 4.78 is 1.12. The number of aryl methyl sites for hydroxylation is 1. The number of thiophene rings is 1. The molecule has 0 saturated heterocycles. The van der Waals surface area contributed by atoms with E-state index in [-0.39, 0.29) is 4.92 Å². The van der Waals surface area contributed by atoms with Crippen LogP contribution in [0.25, 0.3) is 21.0 Å². The molecule has 2 aromatic heterocycles. The maximum atomic E-state index is 11.1. The van der Waals surface area contributed by atoms with Gasteiger partial charge in [-0.2, -0.15) is 0 Å². The summed E-state index contributed by atoms with van der Waals surface area (Å²) in [6, 6.07) is 3.68. The van der Waals surface area contributed by atoms with E-state index >= 15 is 0 Å². The van der Waals surface area contributed by atoms with Crippen LogP contribution in [-0.2, 0) is 0 Å². The Hall–Kier alpha value is -1.53. The maximum absolute atomic E-state index is 11.1. The Morgan fingerprint density at radius 3 is 2.52 bits per heavy atom. The highest BCUT2D eigenvalue weighted by atomic mass is 32.1. The Kier molecular flexibility index (Phi) is 3.67. The van der Waals surface area contributed by atoms with Gasteiger partial charge in [0.15, 0.2) is 0 Å². The van der Waals surface area contributed by atoms with Crippen LogP contribution in [0.15, 0.2) is 12.1 Å². The van der Waals surface area contributed by atoms with Crippen molar-refractivity contribution >= 4 is 33.8 Å². The van der Waals surface area contributed by atoms with E-state index in [4.69, 9.17) is 4.98 Å². The topological polar surface area (TPSA) is 56.0 Å². The van der Waals surface area contributed by atoms with E-state index in [0.29, 0.717) is 12.8 Å². The number of nitro groups is 1. The van der Waals surface area contributed by atoms with Crippen LogP contribution in [0.3, 0.4) is 0 Å². The number of aromatic nitrogens is 1. The van der Waals surface area contributed by atoms with Crippen molar-refractivity contribution < 1.29 is 4.92 Å². The molecule has 2 aromatic rings. The first-order chi connectivity index (χ1) is 9.95. The van der Waals surface area contributed by atoms with E-state index in [9.17, 15) is 10.1 Å². The molecule has 1 aliphatic carbocycles. The van der Waals surface area contributed by atoms with Crippen LogP contribution >= 0.6 is 22.7 Å². The normalized spacial score (nSPS) is 18.5. The third kappa shape index (κ3) is 2.65. The van der Waals surface area contributed by atoms with Crippen LogP contribution in [0.1, 0.15) is 31.6 Å². The van der Waals surface area contributed by atoms with Crippen molar-refractivity contribution in [1.82, 2.24) is 4.98 Å². The van der Waals surface area contributed by atoms with Crippen molar-refractivity contribution in [3.63, 3.8) is 0 Å². The van der Waals surface area contributed by atoms with Gasteiger partial charge in [-0.1, -0.05) is 0 Å². The van der Waals surface area contributed by atoms with Gasteiger partial charge >= 0.3 is 0 Å². The molecule has 6 heteroatoms. The van der Waals surface area contributed by atoms with Crippen LogP contribution < -0.4 is 9.88 Å². The van der Waals surface area contributed by atoms with Gasteiger partial charge in [0.1, 0.15) is 5.01 Å². The zero-order valence-corrected chi connectivity index (χ0v) is 13.8. The van der Waals surface area contributed by atoms with Crippen molar-refractivity contribution in [2.45, 2.75) is 39.7 Å². The van der Waals surface area contributed by atoms with Gasteiger partial charge in [-0.15, -0.1) is 22.7 Å². The van der Waals surface area contributed by atoms with Crippen LogP contribution in [0.2, 0.25) is 0 Å². The van der Waals surface area contributed by atoms with Gasteiger partial charge in [0.2, 0.25) is 6.04 Å². The zero-order chi connectivity index (χ0) is 15.1. The summed E-state index contributed by atoms with van der Waals surface area (Å²) in [5, 5.41) is 13.1. The van der Waals surface area contributed by atoms with Crippen LogP contribution in [0, 0.1) is 17.0 Å². The highest BCUT2D eigenvalue weighted by Crippen LogP contribution is 2.28. The molecule has 3 rings (SSSR count). The minimum atomic E-state index is -0.515. The van der Waals surface area contributed by atoms with Crippen molar-refractivity contribution in [2.75, 3.05) is 0 Å². The van der Waals surface area contributed by atoms with Gasteiger partial charge in [-0.05, 0) is 44.1 Å². The first-order valence-electron chi connectivity index (χ1n) is 6.82. The van der Waals surface area contributed by atoms with E-state index < -0.39 is 6.04 Å². The summed E-state index contributed by atoms with van der Waals surface area (Å²) in [6.45, 7) is 6.05. The molecule has 0 aliphatic heterocycles. The number of fused-ring (bicyclic) bond motifs is 1. The SMILES string of the molecule is CC1=c2nc(-c3ccc(C)s3)sc2=C(C)CC([N+](=O)[O-])C1. The number of rotatable bonds is 2. The molecule has 0 aromatic carbocycles. The average Bonchev–Trinajstić information content (AvgIpc) is 3.01. The number of hydrogen-bond donors (Lipinski definition) is 0. The second-order valence-electron chi connectivity index (χ2n) is 5.52. The molecule has 1 unspecified atom stereocenters. The lowest BCUT2D eigenvalue weighted by atomic mass is 10.0. The summed E-state index contributed by atoms with van der Waals surface area (Å²) in [5.41, 5.74) is 2.11. The van der Waals surface area contributed by atoms with Gasteiger partial charge in [0.25, 0.3) is 0 Å². The summed E-state index contributed by atoms with van der Waals surface area (Å²) in [5.74, 6) is 0. The van der Waals surface area contributed by atoms with Gasteiger partial charge in [0, 0.05) is 22.6 Å². The van der Waals surface area contributed by atoms with E-state index in [0.717, 1.165) is 26.0 Å². The van der Waals surface area contributed by atoms with E-state index in [2.05, 4.69) is 19.1 Å². The Morgan fingerprint density at radius 2 is 1.90 bits per heavy atom. The molecule has 2 heterocycles. The van der Waals surface area contributed by atoms with Crippen LogP contribution in [0.4, 0.5) is 0 Å². The Bertz CT molecular complexity index is 791. The zero-order valence-electron chi connectivity index (χ0n) is 12.2. The summed E-state index contributed by atoms with van der Waals surface area (Å²) in [7, 11) is 0. The first kappa shape index (κ1) is 14.4. The average molecular weight is 320 g/mol. The fraction of sp³-hybridized carbons (Fsp3) is 0.400. The molecule has 110 valence electrons. The molecule has 0 fully saturated rings. The lowest BCUT2D eigenvalue weighted by Crippen LogP contribution is -2.24. The van der Waals surface area contributed by atoms with Crippen LogP contribution in [-0.4, -0.2) is 15.9 Å². The predicted molar refractivity (Wildman–Crippen MR) is 87.6 cm³/mol. The lowest BCUT2D eigenvalue weighted by molar-refractivity contribution is -0.519. The van der Waals surface area contributed by atoms with Crippen LogP contribution in [0.5, 0.6) is 0 Å². The van der Waals surface area contributed by atoms with E-state index in [1.54, 1.807) is 22.7 Å². The Morgan fingerprint density at radius 1 is 1.19 bits per heavy atom. The third-order valence-corrected chi connectivity index (χ3v) is 6.14. The molecule has 0 spiro atoms. The van der Waals surface area contributed by atoms with Crippen molar-refractivity contribution in [1.29, 1.82) is 0 Å². The molecule has 0 saturated carbocycles. The first-order valence-corrected chi connectivity index (χ1v) is 8.45. The van der Waals surface area contributed by atoms with Gasteiger partial charge in [-0.25, -0.2) is 4.98 Å². The smallest absolute Gasteiger partial charge is 0.220 e. The maximum Gasteiger partial charge on any atom is 0.220 e.